The van der Waals surface area contributed by atoms with E-state index < -0.39 is 0 Å². The Morgan fingerprint density at radius 3 is 1.73 bits per heavy atom. The Balaban J connectivity index is -0.000000339. The fourth-order valence-electron chi connectivity index (χ4n) is 1.90. The molecule has 0 bridgehead atoms. The molecule has 1 saturated carbocycles. The van der Waals surface area contributed by atoms with Crippen molar-refractivity contribution in [2.45, 2.75) is 53.4 Å². The van der Waals surface area contributed by atoms with Crippen molar-refractivity contribution < 1.29 is 35.9 Å². The van der Waals surface area contributed by atoms with Crippen LogP contribution in [0.4, 0.5) is 0 Å². The summed E-state index contributed by atoms with van der Waals surface area (Å²) in [6.07, 6.45) is 6.73. The minimum absolute atomic E-state index is 0. The molecule has 88 valence electrons. The van der Waals surface area contributed by atoms with Crippen LogP contribution in [0.2, 0.25) is 0 Å². The maximum absolute atomic E-state index is 10.3. The smallest absolute Gasteiger partial charge is 0.542 e. The third kappa shape index (κ3) is 8.52. The van der Waals surface area contributed by atoms with E-state index in [1.54, 1.807) is 0 Å². The molecule has 1 fully saturated rings. The Labute approximate surface area is 120 Å². The monoisotopic (exact) mass is 436 g/mol. The first-order valence-electron chi connectivity index (χ1n) is 5.61. The van der Waals surface area contributed by atoms with Gasteiger partial charge in [0.1, 0.15) is 0 Å². The Hall–Kier alpha value is 0.722. The van der Waals surface area contributed by atoms with Gasteiger partial charge in [0.05, 0.1) is 0 Å². The van der Waals surface area contributed by atoms with Crippen molar-refractivity contribution in [3.63, 3.8) is 0 Å². The van der Waals surface area contributed by atoms with Crippen LogP contribution in [0.1, 0.15) is 53.4 Å². The van der Waals surface area contributed by atoms with Gasteiger partial charge >= 0.3 is 31.1 Å². The molecular formula is C13H26OU. The summed E-state index contributed by atoms with van der Waals surface area (Å²) in [6.45, 7) is 8.55. The van der Waals surface area contributed by atoms with Crippen molar-refractivity contribution in [2.75, 3.05) is 0 Å². The van der Waals surface area contributed by atoms with Gasteiger partial charge in [-0.25, -0.2) is 0 Å². The molecule has 1 aliphatic rings. The molecule has 0 saturated heterocycles. The van der Waals surface area contributed by atoms with Gasteiger partial charge in [-0.15, -0.1) is 5.92 Å². The molecule has 1 aliphatic carbocycles. The second-order valence-corrected chi connectivity index (χ2v) is 3.97. The SMILES string of the molecule is CC.CC(C)C1CCC([C-]=O)CC1.[CH3-].[U+2]. The van der Waals surface area contributed by atoms with E-state index >= 15 is 0 Å². The van der Waals surface area contributed by atoms with E-state index in [9.17, 15) is 4.79 Å². The summed E-state index contributed by atoms with van der Waals surface area (Å²) in [5.74, 6) is 1.91. The van der Waals surface area contributed by atoms with Gasteiger partial charge in [-0.1, -0.05) is 53.4 Å². The Morgan fingerprint density at radius 2 is 1.47 bits per heavy atom. The molecule has 0 unspecified atom stereocenters. The quantitative estimate of drug-likeness (QED) is 0.598. The second-order valence-electron chi connectivity index (χ2n) is 3.97. The van der Waals surface area contributed by atoms with Crippen LogP contribution in [-0.2, 0) is 4.79 Å². The summed E-state index contributed by atoms with van der Waals surface area (Å²) in [4.78, 5) is 10.3. The van der Waals surface area contributed by atoms with Crippen LogP contribution in [0.15, 0.2) is 0 Å². The van der Waals surface area contributed by atoms with E-state index in [2.05, 4.69) is 20.1 Å². The average Bonchev–Trinajstić information content (AvgIpc) is 2.21. The van der Waals surface area contributed by atoms with E-state index in [0.29, 0.717) is 0 Å². The molecule has 1 nitrogen and oxygen atoms in total. The maximum Gasteiger partial charge on any atom is 2.00 e. The topological polar surface area (TPSA) is 17.1 Å². The number of hydrogen-bond acceptors (Lipinski definition) is 1. The number of carbonyl (C=O) groups excluding carboxylic acids is 1. The molecule has 0 atom stereocenters. The van der Waals surface area contributed by atoms with Gasteiger partial charge in [-0.05, 0) is 11.8 Å². The van der Waals surface area contributed by atoms with Gasteiger partial charge in [0.25, 0.3) is 0 Å². The van der Waals surface area contributed by atoms with Gasteiger partial charge in [0.15, 0.2) is 0 Å². The van der Waals surface area contributed by atoms with Gasteiger partial charge < -0.3 is 12.2 Å². The first kappa shape index (κ1) is 21.1. The summed E-state index contributed by atoms with van der Waals surface area (Å²) >= 11 is 0. The Kier molecular flexibility index (Phi) is 18.0. The van der Waals surface area contributed by atoms with Gasteiger partial charge in [-0.3, -0.25) is 6.29 Å². The average molecular weight is 436 g/mol. The Bertz CT molecular complexity index is 126. The van der Waals surface area contributed by atoms with E-state index in [4.69, 9.17) is 0 Å². The molecule has 0 heterocycles. The van der Waals surface area contributed by atoms with Crippen LogP contribution in [0.25, 0.3) is 0 Å². The fraction of sp³-hybridized carbons (Fsp3) is 0.846. The number of hydrogen-bond donors (Lipinski definition) is 0. The first-order chi connectivity index (χ1) is 6.24. The zero-order chi connectivity index (χ0) is 10.3. The summed E-state index contributed by atoms with van der Waals surface area (Å²) in [6, 6.07) is 0. The van der Waals surface area contributed by atoms with E-state index in [1.807, 2.05) is 13.8 Å². The molecule has 0 radical (unpaired) electrons. The minimum Gasteiger partial charge on any atom is -0.542 e. The van der Waals surface area contributed by atoms with Crippen molar-refractivity contribution in [3.05, 3.63) is 7.43 Å². The summed E-state index contributed by atoms with van der Waals surface area (Å²) in [5, 5.41) is 0. The molecule has 0 aromatic carbocycles. The zero-order valence-electron chi connectivity index (χ0n) is 11.0. The van der Waals surface area contributed by atoms with Crippen LogP contribution in [0.5, 0.6) is 0 Å². The van der Waals surface area contributed by atoms with Crippen molar-refractivity contribution in [1.29, 1.82) is 0 Å². The zero-order valence-corrected chi connectivity index (χ0v) is 15.1. The van der Waals surface area contributed by atoms with Crippen molar-refractivity contribution >= 4 is 6.29 Å². The van der Waals surface area contributed by atoms with Gasteiger partial charge in [-0.2, -0.15) is 0 Å². The second kappa shape index (κ2) is 12.8. The molecular weight excluding hydrogens is 410 g/mol. The maximum atomic E-state index is 10.3. The van der Waals surface area contributed by atoms with E-state index in [1.165, 1.54) is 12.8 Å². The van der Waals surface area contributed by atoms with Crippen LogP contribution in [-0.4, -0.2) is 6.29 Å². The molecule has 1 rings (SSSR count). The van der Waals surface area contributed by atoms with Crippen LogP contribution < -0.4 is 0 Å². The van der Waals surface area contributed by atoms with E-state index in [-0.39, 0.29) is 44.5 Å². The molecule has 0 N–H and O–H groups in total. The van der Waals surface area contributed by atoms with Gasteiger partial charge in [0.2, 0.25) is 0 Å². The summed E-state index contributed by atoms with van der Waals surface area (Å²) in [7, 11) is 0. The van der Waals surface area contributed by atoms with Crippen molar-refractivity contribution in [1.82, 2.24) is 0 Å². The van der Waals surface area contributed by atoms with Crippen molar-refractivity contribution in [2.24, 2.45) is 17.8 Å². The number of rotatable bonds is 2. The normalized spacial score (nSPS) is 24.1. The molecule has 0 aromatic heterocycles. The Morgan fingerprint density at radius 1 is 1.07 bits per heavy atom. The minimum atomic E-state index is 0. The van der Waals surface area contributed by atoms with Crippen molar-refractivity contribution in [3.8, 4) is 0 Å². The predicted octanol–water partition coefficient (Wildman–Crippen LogP) is 4.03. The van der Waals surface area contributed by atoms with Crippen LogP contribution in [0.3, 0.4) is 0 Å². The third-order valence-electron chi connectivity index (χ3n) is 2.88. The molecule has 2 heteroatoms. The summed E-state index contributed by atoms with van der Waals surface area (Å²) < 4.78 is 0. The predicted molar refractivity (Wildman–Crippen MR) is 63.7 cm³/mol. The van der Waals surface area contributed by atoms with E-state index in [0.717, 1.165) is 24.7 Å². The standard InChI is InChI=1S/C10H17O.C2H6.CH3.U/c1-8(2)10-5-3-9(7-11)4-6-10;1-2;;/h8-10H,3-6H2,1-2H3;1-2H3;1H3;/q-1;;-1;+2. The van der Waals surface area contributed by atoms with Crippen LogP contribution in [0, 0.1) is 56.3 Å². The summed E-state index contributed by atoms with van der Waals surface area (Å²) in [5.41, 5.74) is 0. The molecule has 0 amide bonds. The largest absolute Gasteiger partial charge is 2.00 e. The van der Waals surface area contributed by atoms with Gasteiger partial charge in [0, 0.05) is 0 Å². The molecule has 0 aliphatic heterocycles. The molecule has 0 aromatic rings. The fourth-order valence-corrected chi connectivity index (χ4v) is 1.90. The third-order valence-corrected chi connectivity index (χ3v) is 2.88. The molecule has 15 heavy (non-hydrogen) atoms. The van der Waals surface area contributed by atoms with Crippen LogP contribution >= 0.6 is 0 Å². The first-order valence-corrected chi connectivity index (χ1v) is 5.61. The molecule has 0 spiro atoms.